The third kappa shape index (κ3) is 2.88. The predicted octanol–water partition coefficient (Wildman–Crippen LogP) is 2.96. The highest BCUT2D eigenvalue weighted by molar-refractivity contribution is 5.71. The number of aromatic nitrogens is 3. The first kappa shape index (κ1) is 14.5. The Morgan fingerprint density at radius 3 is 3.04 bits per heavy atom. The summed E-state index contributed by atoms with van der Waals surface area (Å²) in [5, 5.41) is 0. The molecule has 120 valence electrons. The van der Waals surface area contributed by atoms with Gasteiger partial charge in [-0.05, 0) is 49.7 Å². The molecule has 23 heavy (non-hydrogen) atoms. The Morgan fingerprint density at radius 2 is 2.26 bits per heavy atom. The first-order chi connectivity index (χ1) is 11.3. The average Bonchev–Trinajstić information content (AvgIpc) is 3.30. The van der Waals surface area contributed by atoms with Crippen molar-refractivity contribution in [1.82, 2.24) is 19.4 Å². The standard InChI is InChI=1S/C18H22N4O/c1-2-21-9-7-14(12-21)11-17-20-16-6-3-8-19-18(16)22(17)13-15-5-4-10-23-15/h3-6,8,10,14H,2,7,9,11-13H2,1H3. The predicted molar refractivity (Wildman–Crippen MR) is 89.3 cm³/mol. The second-order valence-corrected chi connectivity index (χ2v) is 6.29. The van der Waals surface area contributed by atoms with E-state index in [9.17, 15) is 0 Å². The molecule has 0 N–H and O–H groups in total. The topological polar surface area (TPSA) is 47.1 Å². The van der Waals surface area contributed by atoms with Gasteiger partial charge in [-0.1, -0.05) is 6.92 Å². The maximum Gasteiger partial charge on any atom is 0.160 e. The Kier molecular flexibility index (Phi) is 3.87. The lowest BCUT2D eigenvalue weighted by Crippen LogP contribution is -2.21. The molecular weight excluding hydrogens is 288 g/mol. The van der Waals surface area contributed by atoms with Crippen molar-refractivity contribution in [3.8, 4) is 0 Å². The summed E-state index contributed by atoms with van der Waals surface area (Å²) in [6.07, 6.45) is 5.82. The van der Waals surface area contributed by atoms with Crippen LogP contribution in [0.5, 0.6) is 0 Å². The molecule has 1 saturated heterocycles. The number of hydrogen-bond donors (Lipinski definition) is 0. The Morgan fingerprint density at radius 1 is 1.30 bits per heavy atom. The van der Waals surface area contributed by atoms with Gasteiger partial charge in [0.1, 0.15) is 17.1 Å². The van der Waals surface area contributed by atoms with E-state index in [0.29, 0.717) is 12.5 Å². The number of likely N-dealkylation sites (tertiary alicyclic amines) is 1. The fraction of sp³-hybridized carbons (Fsp3) is 0.444. The quantitative estimate of drug-likeness (QED) is 0.727. The van der Waals surface area contributed by atoms with Gasteiger partial charge in [0, 0.05) is 19.2 Å². The summed E-state index contributed by atoms with van der Waals surface area (Å²) < 4.78 is 7.74. The molecule has 1 atom stereocenters. The molecule has 4 rings (SSSR count). The molecule has 0 spiro atoms. The molecule has 0 amide bonds. The van der Waals surface area contributed by atoms with E-state index in [2.05, 4.69) is 21.4 Å². The van der Waals surface area contributed by atoms with Crippen molar-refractivity contribution in [3.05, 3.63) is 48.3 Å². The van der Waals surface area contributed by atoms with Gasteiger partial charge in [-0.2, -0.15) is 0 Å². The maximum atomic E-state index is 5.53. The lowest BCUT2D eigenvalue weighted by molar-refractivity contribution is 0.340. The summed E-state index contributed by atoms with van der Waals surface area (Å²) in [7, 11) is 0. The fourth-order valence-electron chi connectivity index (χ4n) is 3.51. The average molecular weight is 310 g/mol. The number of pyridine rings is 1. The van der Waals surface area contributed by atoms with Crippen LogP contribution in [0.25, 0.3) is 11.2 Å². The van der Waals surface area contributed by atoms with Crippen LogP contribution in [-0.2, 0) is 13.0 Å². The van der Waals surface area contributed by atoms with Crippen molar-refractivity contribution < 1.29 is 4.42 Å². The molecule has 4 heterocycles. The first-order valence-corrected chi connectivity index (χ1v) is 8.38. The van der Waals surface area contributed by atoms with Crippen LogP contribution >= 0.6 is 0 Å². The third-order valence-electron chi connectivity index (χ3n) is 4.77. The van der Waals surface area contributed by atoms with E-state index in [4.69, 9.17) is 9.40 Å². The van der Waals surface area contributed by atoms with Gasteiger partial charge in [0.2, 0.25) is 0 Å². The first-order valence-electron chi connectivity index (χ1n) is 8.38. The summed E-state index contributed by atoms with van der Waals surface area (Å²) in [4.78, 5) is 11.9. The fourth-order valence-corrected chi connectivity index (χ4v) is 3.51. The minimum absolute atomic E-state index is 0.683. The second-order valence-electron chi connectivity index (χ2n) is 6.29. The molecule has 1 aliphatic rings. The van der Waals surface area contributed by atoms with Gasteiger partial charge in [-0.15, -0.1) is 0 Å². The second kappa shape index (κ2) is 6.16. The highest BCUT2D eigenvalue weighted by Crippen LogP contribution is 2.23. The minimum atomic E-state index is 0.683. The van der Waals surface area contributed by atoms with Crippen molar-refractivity contribution in [2.45, 2.75) is 26.3 Å². The van der Waals surface area contributed by atoms with E-state index >= 15 is 0 Å². The van der Waals surface area contributed by atoms with Crippen LogP contribution in [0.3, 0.4) is 0 Å². The van der Waals surface area contributed by atoms with Crippen molar-refractivity contribution >= 4 is 11.2 Å². The molecule has 3 aromatic rings. The SMILES string of the molecule is CCN1CCC(Cc2nc3cccnc3n2Cc2ccco2)C1. The largest absolute Gasteiger partial charge is 0.467 e. The molecule has 0 aromatic carbocycles. The normalized spacial score (nSPS) is 18.9. The van der Waals surface area contributed by atoms with Crippen molar-refractivity contribution in [2.75, 3.05) is 19.6 Å². The van der Waals surface area contributed by atoms with Crippen molar-refractivity contribution in [1.29, 1.82) is 0 Å². The van der Waals surface area contributed by atoms with E-state index in [-0.39, 0.29) is 0 Å². The molecule has 1 fully saturated rings. The zero-order valence-electron chi connectivity index (χ0n) is 13.5. The van der Waals surface area contributed by atoms with Gasteiger partial charge in [-0.25, -0.2) is 9.97 Å². The Bertz CT molecular complexity index is 778. The molecule has 0 radical (unpaired) electrons. The maximum absolute atomic E-state index is 5.53. The summed E-state index contributed by atoms with van der Waals surface area (Å²) in [6.45, 7) is 6.45. The van der Waals surface area contributed by atoms with Crippen LogP contribution in [0.2, 0.25) is 0 Å². The molecular formula is C18H22N4O. The van der Waals surface area contributed by atoms with Gasteiger partial charge >= 0.3 is 0 Å². The van der Waals surface area contributed by atoms with Gasteiger partial charge in [0.25, 0.3) is 0 Å². The van der Waals surface area contributed by atoms with E-state index in [0.717, 1.165) is 35.7 Å². The molecule has 5 heteroatoms. The number of hydrogen-bond acceptors (Lipinski definition) is 4. The van der Waals surface area contributed by atoms with Crippen LogP contribution in [0, 0.1) is 5.92 Å². The summed E-state index contributed by atoms with van der Waals surface area (Å²) in [5.74, 6) is 2.75. The van der Waals surface area contributed by atoms with Crippen LogP contribution < -0.4 is 0 Å². The highest BCUT2D eigenvalue weighted by Gasteiger charge is 2.24. The molecule has 1 unspecified atom stereocenters. The van der Waals surface area contributed by atoms with Crippen LogP contribution in [0.1, 0.15) is 24.9 Å². The Balaban J connectivity index is 1.65. The number of imidazole rings is 1. The molecule has 0 aliphatic carbocycles. The van der Waals surface area contributed by atoms with Gasteiger partial charge in [0.15, 0.2) is 5.65 Å². The number of furan rings is 1. The van der Waals surface area contributed by atoms with E-state index in [1.54, 1.807) is 6.26 Å². The molecule has 5 nitrogen and oxygen atoms in total. The van der Waals surface area contributed by atoms with E-state index < -0.39 is 0 Å². The van der Waals surface area contributed by atoms with Crippen LogP contribution in [-0.4, -0.2) is 39.1 Å². The summed E-state index contributed by atoms with van der Waals surface area (Å²) >= 11 is 0. The van der Waals surface area contributed by atoms with Crippen LogP contribution in [0.4, 0.5) is 0 Å². The Labute approximate surface area is 135 Å². The molecule has 1 aliphatic heterocycles. The van der Waals surface area contributed by atoms with Crippen LogP contribution in [0.15, 0.2) is 41.1 Å². The van der Waals surface area contributed by atoms with Crippen molar-refractivity contribution in [2.24, 2.45) is 5.92 Å². The summed E-state index contributed by atoms with van der Waals surface area (Å²) in [6, 6.07) is 7.92. The zero-order chi connectivity index (χ0) is 15.6. The van der Waals surface area contributed by atoms with Crippen molar-refractivity contribution in [3.63, 3.8) is 0 Å². The molecule has 3 aromatic heterocycles. The minimum Gasteiger partial charge on any atom is -0.467 e. The smallest absolute Gasteiger partial charge is 0.160 e. The highest BCUT2D eigenvalue weighted by atomic mass is 16.3. The van der Waals surface area contributed by atoms with Gasteiger partial charge in [-0.3, -0.25) is 0 Å². The zero-order valence-corrected chi connectivity index (χ0v) is 13.5. The van der Waals surface area contributed by atoms with Gasteiger partial charge in [0.05, 0.1) is 12.8 Å². The molecule has 0 saturated carbocycles. The lowest BCUT2D eigenvalue weighted by atomic mass is 10.0. The third-order valence-corrected chi connectivity index (χ3v) is 4.77. The monoisotopic (exact) mass is 310 g/mol. The Hall–Kier alpha value is -2.14. The molecule has 0 bridgehead atoms. The lowest BCUT2D eigenvalue weighted by Gasteiger charge is -2.13. The number of nitrogens with zero attached hydrogens (tertiary/aromatic N) is 4. The van der Waals surface area contributed by atoms with E-state index in [1.807, 2.05) is 30.5 Å². The number of fused-ring (bicyclic) bond motifs is 1. The van der Waals surface area contributed by atoms with E-state index in [1.165, 1.54) is 19.5 Å². The number of rotatable bonds is 5. The summed E-state index contributed by atoms with van der Waals surface area (Å²) in [5.41, 5.74) is 1.92. The van der Waals surface area contributed by atoms with Gasteiger partial charge < -0.3 is 13.9 Å².